The average Bonchev–Trinajstić information content (AvgIpc) is 3.71. The van der Waals surface area contributed by atoms with Gasteiger partial charge in [0.25, 0.3) is 0 Å². The Morgan fingerprint density at radius 3 is 2.25 bits per heavy atom. The van der Waals surface area contributed by atoms with Crippen molar-refractivity contribution >= 4 is 37.0 Å². The van der Waals surface area contributed by atoms with Gasteiger partial charge in [-0.05, 0) is 56.9 Å². The molecule has 1 aliphatic carbocycles. The summed E-state index contributed by atoms with van der Waals surface area (Å²) in [4.78, 5) is 43.5. The fourth-order valence-corrected chi connectivity index (χ4v) is 7.73. The van der Waals surface area contributed by atoms with Crippen LogP contribution in [-0.2, 0) is 42.4 Å². The Bertz CT molecular complexity index is 1970. The first kappa shape index (κ1) is 42.4. The molecule has 56 heavy (non-hydrogen) atoms. The van der Waals surface area contributed by atoms with Crippen molar-refractivity contribution in [2.24, 2.45) is 17.8 Å². The van der Waals surface area contributed by atoms with Crippen LogP contribution in [0.1, 0.15) is 72.1 Å². The molecule has 1 aromatic carbocycles. The number of aromatic nitrogens is 3. The molecule has 304 valence electrons. The number of fused-ring (bicyclic) bond motifs is 1. The van der Waals surface area contributed by atoms with Crippen molar-refractivity contribution in [1.82, 2.24) is 19.7 Å². The van der Waals surface area contributed by atoms with Crippen molar-refractivity contribution in [3.05, 3.63) is 54.5 Å². The molecule has 2 fully saturated rings. The number of alkyl halides is 3. The maximum absolute atomic E-state index is 14.6. The van der Waals surface area contributed by atoms with Crippen LogP contribution in [0.15, 0.2) is 48.8 Å². The molecule has 20 heteroatoms. The molecule has 3 N–H and O–H groups in total. The van der Waals surface area contributed by atoms with Gasteiger partial charge >= 0.3 is 31.8 Å². The lowest BCUT2D eigenvalue weighted by Crippen LogP contribution is -2.50. The number of nitriles is 1. The minimum atomic E-state index is -4.73. The van der Waals surface area contributed by atoms with Gasteiger partial charge in [0, 0.05) is 0 Å². The molecule has 1 unspecified atom stereocenters. The number of carbonyl (C=O) groups excluding carboxylic acids is 3. The van der Waals surface area contributed by atoms with Gasteiger partial charge in [-0.25, -0.2) is 14.1 Å². The second-order valence-electron chi connectivity index (χ2n) is 14.3. The van der Waals surface area contributed by atoms with Gasteiger partial charge in [0.2, 0.25) is 5.60 Å². The number of carbonyl (C=O) groups is 3. The zero-order valence-corrected chi connectivity index (χ0v) is 32.2. The lowest BCUT2D eigenvalue weighted by Gasteiger charge is -2.32. The summed E-state index contributed by atoms with van der Waals surface area (Å²) in [6, 6.07) is 11.4. The van der Waals surface area contributed by atoms with Crippen LogP contribution in [-0.4, -0.2) is 75.2 Å². The van der Waals surface area contributed by atoms with Gasteiger partial charge in [-0.1, -0.05) is 45.9 Å². The van der Waals surface area contributed by atoms with Gasteiger partial charge in [-0.2, -0.15) is 28.6 Å². The van der Waals surface area contributed by atoms with E-state index in [0.29, 0.717) is 5.52 Å². The minimum absolute atomic E-state index is 0.0187. The molecule has 6 atom stereocenters. The standard InChI is InChI=1S/C36H44F3N6O10P/c1-20(2)32(46)52-29-28(26-15-16-27-31(41)42-19-43-45(26)27)54-35(17-40,30(29)53-33(47)21(3)4)18-50-56(49,55-25-9-7-6-8-10-25)44-22(5)34(48)51-24-13-11-23(12-14-24)36(37,38)39/h6-10,15-16,19-24,28-30H,11-14,18H2,1-5H3,(H,44,49)(H2,41,42,43)/t22?,23-,24-,28-,29-,30-,35+,56-/m0/s1. The van der Waals surface area contributed by atoms with Crippen LogP contribution in [0, 0.1) is 29.1 Å². The number of halogens is 3. The molecule has 0 spiro atoms. The smallest absolute Gasteiger partial charge is 0.459 e. The molecule has 2 aliphatic rings. The summed E-state index contributed by atoms with van der Waals surface area (Å²) < 4.78 is 90.7. The molecule has 1 saturated heterocycles. The Balaban J connectivity index is 1.47. The van der Waals surface area contributed by atoms with E-state index in [-0.39, 0.29) is 42.9 Å². The molecular weight excluding hydrogens is 764 g/mol. The van der Waals surface area contributed by atoms with Gasteiger partial charge in [-0.15, -0.1) is 0 Å². The maximum atomic E-state index is 14.6. The van der Waals surface area contributed by atoms with E-state index in [1.54, 1.807) is 58.0 Å². The van der Waals surface area contributed by atoms with Crippen molar-refractivity contribution in [2.45, 2.75) is 103 Å². The predicted molar refractivity (Wildman–Crippen MR) is 190 cm³/mol. The number of benzene rings is 1. The van der Waals surface area contributed by atoms with Crippen molar-refractivity contribution in [3.63, 3.8) is 0 Å². The van der Waals surface area contributed by atoms with E-state index in [2.05, 4.69) is 15.2 Å². The number of para-hydroxylation sites is 1. The first-order chi connectivity index (χ1) is 26.4. The molecule has 0 radical (unpaired) electrons. The second-order valence-corrected chi connectivity index (χ2v) is 16.0. The highest BCUT2D eigenvalue weighted by atomic mass is 31.2. The van der Waals surface area contributed by atoms with Crippen LogP contribution >= 0.6 is 7.75 Å². The van der Waals surface area contributed by atoms with E-state index >= 15 is 0 Å². The van der Waals surface area contributed by atoms with Crippen LogP contribution in [0.25, 0.3) is 5.52 Å². The normalized spacial score (nSPS) is 25.6. The largest absolute Gasteiger partial charge is 0.461 e. The van der Waals surface area contributed by atoms with Gasteiger partial charge in [-0.3, -0.25) is 18.9 Å². The number of nitrogens with one attached hydrogen (secondary N) is 1. The van der Waals surface area contributed by atoms with E-state index < -0.39 is 92.3 Å². The third kappa shape index (κ3) is 9.60. The van der Waals surface area contributed by atoms with E-state index in [4.69, 9.17) is 33.7 Å². The molecule has 2 aromatic heterocycles. The summed E-state index contributed by atoms with van der Waals surface area (Å²) in [5.74, 6) is -5.23. The minimum Gasteiger partial charge on any atom is -0.461 e. The molecule has 1 aliphatic heterocycles. The molecule has 1 saturated carbocycles. The molecule has 0 amide bonds. The SMILES string of the molecule is CC(C)C(=O)O[C@H]1[C@H](c2ccc3c(N)ncnn23)O[C@](C#N)(CO[P@@](=O)(NC(C)C(=O)O[C@H]2CC[C@H](C(F)(F)F)CC2)Oc2ccccc2)[C@H]1OC(=O)C(C)C. The summed E-state index contributed by atoms with van der Waals surface area (Å²) in [6.45, 7) is 6.58. The van der Waals surface area contributed by atoms with Crippen molar-refractivity contribution in [2.75, 3.05) is 12.3 Å². The fraction of sp³-hybridized carbons (Fsp3) is 0.556. The first-order valence-corrected chi connectivity index (χ1v) is 19.5. The highest BCUT2D eigenvalue weighted by Gasteiger charge is 2.62. The lowest BCUT2D eigenvalue weighted by molar-refractivity contribution is -0.189. The number of esters is 3. The Labute approximate surface area is 320 Å². The predicted octanol–water partition coefficient (Wildman–Crippen LogP) is 5.63. The molecule has 3 aromatic rings. The number of ether oxygens (including phenoxy) is 4. The van der Waals surface area contributed by atoms with E-state index in [9.17, 15) is 37.4 Å². The number of hydrogen-bond acceptors (Lipinski definition) is 14. The summed E-state index contributed by atoms with van der Waals surface area (Å²) in [5.41, 5.74) is 4.28. The van der Waals surface area contributed by atoms with Gasteiger partial charge < -0.3 is 29.2 Å². The zero-order chi connectivity index (χ0) is 41.0. The van der Waals surface area contributed by atoms with E-state index in [1.165, 1.54) is 29.9 Å². The Kier molecular flexibility index (Phi) is 13.0. The van der Waals surface area contributed by atoms with Crippen LogP contribution in [0.2, 0.25) is 0 Å². The van der Waals surface area contributed by atoms with Gasteiger partial charge in [0.1, 0.15) is 48.5 Å². The number of nitrogens with zero attached hydrogens (tertiary/aromatic N) is 4. The van der Waals surface area contributed by atoms with Gasteiger partial charge in [0.05, 0.1) is 23.4 Å². The van der Waals surface area contributed by atoms with Crippen LogP contribution < -0.4 is 15.3 Å². The Morgan fingerprint density at radius 2 is 1.64 bits per heavy atom. The summed E-state index contributed by atoms with van der Waals surface area (Å²) in [5, 5.41) is 17.6. The maximum Gasteiger partial charge on any atom is 0.459 e. The third-order valence-electron chi connectivity index (χ3n) is 9.37. The second kappa shape index (κ2) is 17.2. The summed E-state index contributed by atoms with van der Waals surface area (Å²) in [6.07, 6.45) is -8.99. The van der Waals surface area contributed by atoms with Crippen molar-refractivity contribution in [3.8, 4) is 11.8 Å². The fourth-order valence-electron chi connectivity index (χ4n) is 6.21. The Morgan fingerprint density at radius 1 is 1.00 bits per heavy atom. The first-order valence-electron chi connectivity index (χ1n) is 18.0. The quantitative estimate of drug-likeness (QED) is 0.115. The number of anilines is 1. The average molecular weight is 809 g/mol. The number of rotatable bonds is 14. The van der Waals surface area contributed by atoms with Crippen LogP contribution in [0.5, 0.6) is 5.75 Å². The molecule has 5 rings (SSSR count). The third-order valence-corrected chi connectivity index (χ3v) is 11.0. The number of nitrogens with two attached hydrogens (primary N) is 1. The number of nitrogen functional groups attached to an aromatic ring is 1. The zero-order valence-electron chi connectivity index (χ0n) is 31.3. The summed E-state index contributed by atoms with van der Waals surface area (Å²) >= 11 is 0. The van der Waals surface area contributed by atoms with E-state index in [0.717, 1.165) is 0 Å². The van der Waals surface area contributed by atoms with Crippen LogP contribution in [0.3, 0.4) is 0 Å². The molecular formula is C36H44F3N6O10P. The molecule has 3 heterocycles. The van der Waals surface area contributed by atoms with Crippen LogP contribution in [0.4, 0.5) is 19.0 Å². The highest BCUT2D eigenvalue weighted by Crippen LogP contribution is 2.50. The molecule has 16 nitrogen and oxygen atoms in total. The van der Waals surface area contributed by atoms with Crippen molar-refractivity contribution in [1.29, 1.82) is 5.26 Å². The topological polar surface area (TPSA) is 216 Å². The lowest BCUT2D eigenvalue weighted by atomic mass is 9.87. The monoisotopic (exact) mass is 808 g/mol. The van der Waals surface area contributed by atoms with Gasteiger partial charge in [0.15, 0.2) is 18.0 Å². The Hall–Kier alpha value is -4.76. The van der Waals surface area contributed by atoms with E-state index in [1.807, 2.05) is 6.07 Å². The number of hydrogen-bond donors (Lipinski definition) is 2. The molecule has 0 bridgehead atoms. The highest BCUT2D eigenvalue weighted by molar-refractivity contribution is 7.52. The van der Waals surface area contributed by atoms with Crippen molar-refractivity contribution < 1.29 is 60.1 Å². The summed E-state index contributed by atoms with van der Waals surface area (Å²) in [7, 11) is -4.73.